The summed E-state index contributed by atoms with van der Waals surface area (Å²) in [4.78, 5) is 4.74. The minimum atomic E-state index is -3.50. The van der Waals surface area contributed by atoms with Gasteiger partial charge in [-0.25, -0.2) is 18.1 Å². The van der Waals surface area contributed by atoms with Gasteiger partial charge in [-0.2, -0.15) is 0 Å². The van der Waals surface area contributed by atoms with E-state index in [4.69, 9.17) is 0 Å². The van der Waals surface area contributed by atoms with Crippen LogP contribution in [0.1, 0.15) is 30.8 Å². The molecule has 0 aliphatic carbocycles. The third kappa shape index (κ3) is 3.70. The molecule has 1 N–H and O–H groups in total. The predicted molar refractivity (Wildman–Crippen MR) is 87.1 cm³/mol. The van der Waals surface area contributed by atoms with Crippen LogP contribution >= 0.6 is 11.3 Å². The lowest BCUT2D eigenvalue weighted by molar-refractivity contribution is 0.555. The van der Waals surface area contributed by atoms with Crippen molar-refractivity contribution in [2.24, 2.45) is 0 Å². The van der Waals surface area contributed by atoms with Gasteiger partial charge in [0.05, 0.1) is 15.6 Å². The Morgan fingerprint density at radius 2 is 2.05 bits per heavy atom. The maximum atomic E-state index is 12.5. The predicted octanol–water partition coefficient (Wildman–Crippen LogP) is 3.50. The zero-order chi connectivity index (χ0) is 15.6. The molecule has 21 heavy (non-hydrogen) atoms. The zero-order valence-corrected chi connectivity index (χ0v) is 14.3. The van der Waals surface area contributed by atoms with E-state index in [2.05, 4.69) is 9.71 Å². The lowest BCUT2D eigenvalue weighted by Gasteiger charge is -2.14. The zero-order valence-electron chi connectivity index (χ0n) is 12.7. The number of hydrogen-bond donors (Lipinski definition) is 1. The van der Waals surface area contributed by atoms with Crippen molar-refractivity contribution in [3.63, 3.8) is 0 Å². The van der Waals surface area contributed by atoms with Gasteiger partial charge >= 0.3 is 0 Å². The van der Waals surface area contributed by atoms with Gasteiger partial charge in [0.25, 0.3) is 0 Å². The van der Waals surface area contributed by atoms with Crippen LogP contribution in [0.3, 0.4) is 0 Å². The van der Waals surface area contributed by atoms with Crippen molar-refractivity contribution in [1.82, 2.24) is 9.71 Å². The van der Waals surface area contributed by atoms with E-state index in [0.29, 0.717) is 4.90 Å². The molecule has 4 nitrogen and oxygen atoms in total. The lowest BCUT2D eigenvalue weighted by atomic mass is 10.1. The average Bonchev–Trinajstić information content (AvgIpc) is 2.85. The van der Waals surface area contributed by atoms with Gasteiger partial charge in [0.15, 0.2) is 0 Å². The van der Waals surface area contributed by atoms with Crippen molar-refractivity contribution in [2.45, 2.75) is 45.1 Å². The molecule has 0 saturated heterocycles. The van der Waals surface area contributed by atoms with E-state index in [1.54, 1.807) is 24.3 Å². The van der Waals surface area contributed by atoms with E-state index in [9.17, 15) is 8.42 Å². The molecule has 0 bridgehead atoms. The monoisotopic (exact) mass is 324 g/mol. The molecule has 0 saturated carbocycles. The standard InChI is InChI=1S/C15H20N2O2S2/c1-5-11(3)17-21(18,19)15-8-13(7-6-10(15)2)14-9-20-12(4)16-14/h6-9,11,17H,5H2,1-4H3. The van der Waals surface area contributed by atoms with Crippen molar-refractivity contribution in [1.29, 1.82) is 0 Å². The second kappa shape index (κ2) is 6.25. The van der Waals surface area contributed by atoms with Crippen LogP contribution in [-0.2, 0) is 10.0 Å². The van der Waals surface area contributed by atoms with E-state index < -0.39 is 10.0 Å². The highest BCUT2D eigenvalue weighted by atomic mass is 32.2. The highest BCUT2D eigenvalue weighted by Crippen LogP contribution is 2.26. The maximum Gasteiger partial charge on any atom is 0.241 e. The highest BCUT2D eigenvalue weighted by molar-refractivity contribution is 7.89. The summed E-state index contributed by atoms with van der Waals surface area (Å²) in [6.45, 7) is 7.56. The molecule has 0 fully saturated rings. The maximum absolute atomic E-state index is 12.5. The summed E-state index contributed by atoms with van der Waals surface area (Å²) < 4.78 is 27.7. The number of benzene rings is 1. The molecule has 0 amide bonds. The molecule has 0 radical (unpaired) electrons. The van der Waals surface area contributed by atoms with Crippen LogP contribution in [0.2, 0.25) is 0 Å². The van der Waals surface area contributed by atoms with Gasteiger partial charge in [0, 0.05) is 17.0 Å². The third-order valence-corrected chi connectivity index (χ3v) is 5.87. The van der Waals surface area contributed by atoms with Crippen molar-refractivity contribution < 1.29 is 8.42 Å². The minimum absolute atomic E-state index is 0.0837. The molecular formula is C15H20N2O2S2. The van der Waals surface area contributed by atoms with Gasteiger partial charge in [-0.05, 0) is 38.8 Å². The number of aromatic nitrogens is 1. The molecule has 1 aromatic carbocycles. The molecule has 0 spiro atoms. The Labute approximate surface area is 130 Å². The third-order valence-electron chi connectivity index (χ3n) is 3.36. The number of nitrogens with zero attached hydrogens (tertiary/aromatic N) is 1. The highest BCUT2D eigenvalue weighted by Gasteiger charge is 2.20. The fourth-order valence-corrected chi connectivity index (χ4v) is 4.18. The van der Waals surface area contributed by atoms with Crippen molar-refractivity contribution >= 4 is 21.4 Å². The quantitative estimate of drug-likeness (QED) is 0.915. The van der Waals surface area contributed by atoms with Crippen LogP contribution in [0.5, 0.6) is 0 Å². The van der Waals surface area contributed by atoms with Crippen LogP contribution in [0.25, 0.3) is 11.3 Å². The Balaban J connectivity index is 2.44. The molecule has 1 atom stereocenters. The van der Waals surface area contributed by atoms with Gasteiger partial charge in [-0.15, -0.1) is 11.3 Å². The first-order valence-corrected chi connectivity index (χ1v) is 9.25. The summed E-state index contributed by atoms with van der Waals surface area (Å²) in [7, 11) is -3.50. The Kier molecular flexibility index (Phi) is 4.81. The summed E-state index contributed by atoms with van der Waals surface area (Å²) in [6, 6.07) is 5.36. The minimum Gasteiger partial charge on any atom is -0.242 e. The topological polar surface area (TPSA) is 59.1 Å². The van der Waals surface area contributed by atoms with Gasteiger partial charge in [0.1, 0.15) is 0 Å². The molecular weight excluding hydrogens is 304 g/mol. The van der Waals surface area contributed by atoms with E-state index in [1.165, 1.54) is 0 Å². The van der Waals surface area contributed by atoms with Crippen LogP contribution in [0.4, 0.5) is 0 Å². The molecule has 114 valence electrons. The first-order chi connectivity index (χ1) is 9.83. The molecule has 2 rings (SSSR count). The average molecular weight is 324 g/mol. The molecule has 1 aromatic heterocycles. The fourth-order valence-electron chi connectivity index (χ4n) is 1.96. The van der Waals surface area contributed by atoms with Crippen molar-refractivity contribution in [3.8, 4) is 11.3 Å². The Morgan fingerprint density at radius 1 is 1.33 bits per heavy atom. The molecule has 6 heteroatoms. The van der Waals surface area contributed by atoms with Crippen molar-refractivity contribution in [2.75, 3.05) is 0 Å². The largest absolute Gasteiger partial charge is 0.242 e. The number of sulfonamides is 1. The number of rotatable bonds is 5. The summed E-state index contributed by atoms with van der Waals surface area (Å²) in [5, 5.41) is 2.91. The normalized spacial score (nSPS) is 13.3. The van der Waals surface area contributed by atoms with E-state index in [0.717, 1.165) is 28.2 Å². The van der Waals surface area contributed by atoms with E-state index >= 15 is 0 Å². The van der Waals surface area contributed by atoms with Gasteiger partial charge in [-0.3, -0.25) is 0 Å². The van der Waals surface area contributed by atoms with Gasteiger partial charge in [-0.1, -0.05) is 19.1 Å². The summed E-state index contributed by atoms with van der Waals surface area (Å²) in [5.41, 5.74) is 2.38. The smallest absolute Gasteiger partial charge is 0.241 e. The molecule has 0 aliphatic rings. The molecule has 2 aromatic rings. The second-order valence-corrected chi connectivity index (χ2v) is 7.91. The Bertz CT molecular complexity index is 736. The van der Waals surface area contributed by atoms with Gasteiger partial charge in [0.2, 0.25) is 10.0 Å². The first kappa shape index (κ1) is 16.1. The number of aryl methyl sites for hydroxylation is 2. The van der Waals surface area contributed by atoms with Gasteiger partial charge < -0.3 is 0 Å². The fraction of sp³-hybridized carbons (Fsp3) is 0.400. The Morgan fingerprint density at radius 3 is 2.62 bits per heavy atom. The number of hydrogen-bond acceptors (Lipinski definition) is 4. The Hall–Kier alpha value is -1.24. The summed E-state index contributed by atoms with van der Waals surface area (Å²) >= 11 is 1.55. The number of nitrogens with one attached hydrogen (secondary N) is 1. The van der Waals surface area contributed by atoms with Crippen molar-refractivity contribution in [3.05, 3.63) is 34.2 Å². The first-order valence-electron chi connectivity index (χ1n) is 6.89. The van der Waals surface area contributed by atoms with Crippen LogP contribution in [0, 0.1) is 13.8 Å². The number of thiazole rings is 1. The van der Waals surface area contributed by atoms with E-state index in [1.807, 2.05) is 38.3 Å². The summed E-state index contributed by atoms with van der Waals surface area (Å²) in [6.07, 6.45) is 0.753. The SMILES string of the molecule is CCC(C)NS(=O)(=O)c1cc(-c2csc(C)n2)ccc1C. The molecule has 0 aliphatic heterocycles. The molecule has 1 unspecified atom stereocenters. The lowest BCUT2D eigenvalue weighted by Crippen LogP contribution is -2.32. The van der Waals surface area contributed by atoms with E-state index in [-0.39, 0.29) is 6.04 Å². The molecule has 1 heterocycles. The summed E-state index contributed by atoms with van der Waals surface area (Å²) in [5.74, 6) is 0. The second-order valence-electron chi connectivity index (χ2n) is 5.16. The van der Waals surface area contributed by atoms with Crippen LogP contribution in [0.15, 0.2) is 28.5 Å². The van der Waals surface area contributed by atoms with Crippen LogP contribution < -0.4 is 4.72 Å². The van der Waals surface area contributed by atoms with Crippen LogP contribution in [-0.4, -0.2) is 19.4 Å².